The van der Waals surface area contributed by atoms with Crippen molar-refractivity contribution in [3.05, 3.63) is 48.3 Å². The van der Waals surface area contributed by atoms with Crippen molar-refractivity contribution in [2.75, 3.05) is 26.2 Å². The van der Waals surface area contributed by atoms with E-state index >= 15 is 0 Å². The van der Waals surface area contributed by atoms with Gasteiger partial charge >= 0.3 is 0 Å². The van der Waals surface area contributed by atoms with Crippen LogP contribution in [0.5, 0.6) is 0 Å². The lowest BCUT2D eigenvalue weighted by Gasteiger charge is -2.59. The summed E-state index contributed by atoms with van der Waals surface area (Å²) >= 11 is 0. The van der Waals surface area contributed by atoms with E-state index in [1.54, 1.807) is 12.1 Å². The van der Waals surface area contributed by atoms with E-state index in [4.69, 9.17) is 0 Å². The zero-order chi connectivity index (χ0) is 13.3. The molecule has 1 spiro atoms. The Balaban J connectivity index is 1.87. The van der Waals surface area contributed by atoms with Crippen molar-refractivity contribution in [1.29, 1.82) is 0 Å². The van der Waals surface area contributed by atoms with Gasteiger partial charge in [-0.2, -0.15) is 0 Å². The van der Waals surface area contributed by atoms with Gasteiger partial charge in [0.1, 0.15) is 5.82 Å². The minimum Gasteiger partial charge on any atom is -0.317 e. The van der Waals surface area contributed by atoms with Crippen LogP contribution in [-0.2, 0) is 0 Å². The zero-order valence-corrected chi connectivity index (χ0v) is 11.2. The molecule has 2 fully saturated rings. The minimum absolute atomic E-state index is 0.155. The van der Waals surface area contributed by atoms with Gasteiger partial charge in [-0.3, -0.25) is 4.90 Å². The molecule has 2 aliphatic heterocycles. The fraction of sp³-hybridized carbons (Fsp3) is 0.500. The third-order valence-electron chi connectivity index (χ3n) is 4.61. The summed E-state index contributed by atoms with van der Waals surface area (Å²) in [6.07, 6.45) is 4.38. The van der Waals surface area contributed by atoms with Gasteiger partial charge in [0.05, 0.1) is 0 Å². The van der Waals surface area contributed by atoms with Crippen molar-refractivity contribution in [2.45, 2.75) is 18.9 Å². The van der Waals surface area contributed by atoms with Gasteiger partial charge in [0.2, 0.25) is 0 Å². The predicted molar refractivity (Wildman–Crippen MR) is 75.4 cm³/mol. The summed E-state index contributed by atoms with van der Waals surface area (Å²) < 4.78 is 13.1. The maximum Gasteiger partial charge on any atom is 0.123 e. The molecule has 0 amide bonds. The monoisotopic (exact) mass is 260 g/mol. The Hall–Kier alpha value is -1.19. The third kappa shape index (κ3) is 2.21. The number of hydrogen-bond acceptors (Lipinski definition) is 2. The molecule has 0 radical (unpaired) electrons. The van der Waals surface area contributed by atoms with Crippen molar-refractivity contribution in [1.82, 2.24) is 10.2 Å². The first kappa shape index (κ1) is 12.8. The first-order valence-corrected chi connectivity index (χ1v) is 7.06. The molecule has 3 heteroatoms. The Kier molecular flexibility index (Phi) is 3.42. The molecule has 2 heterocycles. The summed E-state index contributed by atoms with van der Waals surface area (Å²) in [5.74, 6) is -0.155. The molecule has 1 atom stereocenters. The number of likely N-dealkylation sites (tertiary alicyclic amines) is 1. The van der Waals surface area contributed by atoms with E-state index in [9.17, 15) is 4.39 Å². The van der Waals surface area contributed by atoms with Gasteiger partial charge in [0.25, 0.3) is 0 Å². The molecule has 0 aliphatic carbocycles. The van der Waals surface area contributed by atoms with Crippen LogP contribution in [0.2, 0.25) is 0 Å². The number of nitrogens with zero attached hydrogens (tertiary/aromatic N) is 1. The SMILES string of the molecule is C=CCN1CC2(CCNCC2)C1c1ccc(F)cc1. The van der Waals surface area contributed by atoms with Crippen molar-refractivity contribution >= 4 is 0 Å². The number of benzene rings is 1. The molecule has 0 aromatic heterocycles. The molecule has 3 rings (SSSR count). The maximum atomic E-state index is 13.1. The summed E-state index contributed by atoms with van der Waals surface area (Å²) in [6, 6.07) is 7.47. The van der Waals surface area contributed by atoms with Crippen LogP contribution in [-0.4, -0.2) is 31.1 Å². The molecule has 2 aliphatic rings. The van der Waals surface area contributed by atoms with Crippen molar-refractivity contribution in [3.8, 4) is 0 Å². The summed E-state index contributed by atoms with van der Waals surface area (Å²) in [5.41, 5.74) is 1.63. The highest BCUT2D eigenvalue weighted by Crippen LogP contribution is 2.53. The first-order chi connectivity index (χ1) is 9.25. The second kappa shape index (κ2) is 5.06. The second-order valence-corrected chi connectivity index (χ2v) is 5.78. The predicted octanol–water partition coefficient (Wildman–Crippen LogP) is 2.74. The van der Waals surface area contributed by atoms with Gasteiger partial charge in [-0.1, -0.05) is 18.2 Å². The fourth-order valence-electron chi connectivity index (χ4n) is 3.76. The molecule has 102 valence electrons. The Bertz CT molecular complexity index is 448. The van der Waals surface area contributed by atoms with Gasteiger partial charge in [0.15, 0.2) is 0 Å². The van der Waals surface area contributed by atoms with Crippen molar-refractivity contribution in [2.24, 2.45) is 5.41 Å². The fourth-order valence-corrected chi connectivity index (χ4v) is 3.76. The zero-order valence-electron chi connectivity index (χ0n) is 11.2. The van der Waals surface area contributed by atoms with Crippen LogP contribution in [0.15, 0.2) is 36.9 Å². The lowest BCUT2D eigenvalue weighted by molar-refractivity contribution is -0.0893. The topological polar surface area (TPSA) is 15.3 Å². The summed E-state index contributed by atoms with van der Waals surface area (Å²) in [4.78, 5) is 2.45. The lowest BCUT2D eigenvalue weighted by atomic mass is 9.63. The Labute approximate surface area is 114 Å². The van der Waals surface area contributed by atoms with E-state index in [-0.39, 0.29) is 5.82 Å². The molecule has 2 nitrogen and oxygen atoms in total. The van der Waals surface area contributed by atoms with Crippen LogP contribution in [0.25, 0.3) is 0 Å². The summed E-state index contributed by atoms with van der Waals surface area (Å²) in [5, 5.41) is 3.44. The molecule has 2 saturated heterocycles. The smallest absolute Gasteiger partial charge is 0.123 e. The van der Waals surface area contributed by atoms with Crippen LogP contribution in [0.1, 0.15) is 24.4 Å². The van der Waals surface area contributed by atoms with Crippen molar-refractivity contribution < 1.29 is 4.39 Å². The van der Waals surface area contributed by atoms with Gasteiger partial charge in [-0.05, 0) is 43.6 Å². The molecule has 1 unspecified atom stereocenters. The first-order valence-electron chi connectivity index (χ1n) is 7.06. The highest BCUT2D eigenvalue weighted by atomic mass is 19.1. The van der Waals surface area contributed by atoms with Crippen molar-refractivity contribution in [3.63, 3.8) is 0 Å². The van der Waals surface area contributed by atoms with Crippen LogP contribution < -0.4 is 5.32 Å². The Morgan fingerprint density at radius 2 is 2.00 bits per heavy atom. The average Bonchev–Trinajstić information content (AvgIpc) is 2.42. The standard InChI is InChI=1S/C16H21FN2/c1-2-11-19-12-16(7-9-18-10-8-16)15(19)13-3-5-14(17)6-4-13/h2-6,15,18H,1,7-12H2. The van der Waals surface area contributed by atoms with E-state index in [1.165, 1.54) is 18.4 Å². The molecule has 1 N–H and O–H groups in total. The second-order valence-electron chi connectivity index (χ2n) is 5.78. The van der Waals surface area contributed by atoms with Crippen LogP contribution in [0.4, 0.5) is 4.39 Å². The Morgan fingerprint density at radius 3 is 2.63 bits per heavy atom. The quantitative estimate of drug-likeness (QED) is 0.841. The van der Waals surface area contributed by atoms with Gasteiger partial charge < -0.3 is 5.32 Å². The molecule has 19 heavy (non-hydrogen) atoms. The maximum absolute atomic E-state index is 13.1. The summed E-state index contributed by atoms with van der Waals surface area (Å²) in [6.45, 7) is 8.09. The van der Waals surface area contributed by atoms with Crippen LogP contribution in [0, 0.1) is 11.2 Å². The number of nitrogens with one attached hydrogen (secondary N) is 1. The van der Waals surface area contributed by atoms with E-state index in [2.05, 4.69) is 16.8 Å². The van der Waals surface area contributed by atoms with Gasteiger partial charge in [0, 0.05) is 24.5 Å². The largest absolute Gasteiger partial charge is 0.317 e. The van der Waals surface area contributed by atoms with E-state index < -0.39 is 0 Å². The number of rotatable bonds is 3. The minimum atomic E-state index is -0.155. The molecule has 0 bridgehead atoms. The normalized spacial score (nSPS) is 26.1. The number of halogens is 1. The Morgan fingerprint density at radius 1 is 1.32 bits per heavy atom. The average molecular weight is 260 g/mol. The molecular weight excluding hydrogens is 239 g/mol. The summed E-state index contributed by atoms with van der Waals surface area (Å²) in [7, 11) is 0. The molecular formula is C16H21FN2. The highest BCUT2D eigenvalue weighted by Gasteiger charge is 2.52. The van der Waals surface area contributed by atoms with E-state index in [0.717, 1.165) is 26.2 Å². The number of hydrogen-bond donors (Lipinski definition) is 1. The van der Waals surface area contributed by atoms with Gasteiger partial charge in [-0.25, -0.2) is 4.39 Å². The highest BCUT2D eigenvalue weighted by molar-refractivity contribution is 5.27. The van der Waals surface area contributed by atoms with Crippen LogP contribution >= 0.6 is 0 Å². The van der Waals surface area contributed by atoms with E-state index in [1.807, 2.05) is 18.2 Å². The van der Waals surface area contributed by atoms with E-state index in [0.29, 0.717) is 11.5 Å². The lowest BCUT2D eigenvalue weighted by Crippen LogP contribution is -2.61. The third-order valence-corrected chi connectivity index (χ3v) is 4.61. The molecule has 1 aromatic carbocycles. The molecule has 1 aromatic rings. The van der Waals surface area contributed by atoms with Crippen LogP contribution in [0.3, 0.4) is 0 Å². The number of piperidine rings is 1. The van der Waals surface area contributed by atoms with Gasteiger partial charge in [-0.15, -0.1) is 6.58 Å². The molecule has 0 saturated carbocycles.